The Labute approximate surface area is 83.5 Å². The molecule has 0 amide bonds. The number of halogens is 2. The molecule has 1 nitrogen and oxygen atoms in total. The van der Waals surface area contributed by atoms with Crippen molar-refractivity contribution in [2.45, 2.75) is 12.8 Å². The van der Waals surface area contributed by atoms with Crippen LogP contribution in [0.15, 0.2) is 22.9 Å². The maximum absolute atomic E-state index is 4.14. The van der Waals surface area contributed by atoms with Crippen LogP contribution < -0.4 is 0 Å². The van der Waals surface area contributed by atoms with Crippen LogP contribution in [0.1, 0.15) is 18.4 Å². The topological polar surface area (TPSA) is 12.9 Å². The van der Waals surface area contributed by atoms with E-state index in [0.29, 0.717) is 5.92 Å². The van der Waals surface area contributed by atoms with E-state index in [2.05, 4.69) is 49.8 Å². The zero-order valence-corrected chi connectivity index (χ0v) is 9.39. The van der Waals surface area contributed by atoms with Gasteiger partial charge in [0.25, 0.3) is 0 Å². The number of aromatic nitrogens is 1. The van der Waals surface area contributed by atoms with Crippen molar-refractivity contribution in [3.63, 3.8) is 0 Å². The minimum atomic E-state index is 0.538. The first-order valence-corrected chi connectivity index (χ1v) is 5.33. The summed E-state index contributed by atoms with van der Waals surface area (Å²) >= 11 is 6.72. The molecule has 0 aliphatic rings. The Morgan fingerprint density at radius 1 is 1.55 bits per heavy atom. The standard InChI is InChI=1S/C8H9Br2N/c1-6(4-9)7-2-3-8(10)11-5-7/h2-3,5-6H,4H2,1H3. The maximum atomic E-state index is 4.14. The van der Waals surface area contributed by atoms with Crippen LogP contribution in [0.2, 0.25) is 0 Å². The predicted molar refractivity (Wildman–Crippen MR) is 54.1 cm³/mol. The SMILES string of the molecule is CC(CBr)c1ccc(Br)nc1. The zero-order valence-electron chi connectivity index (χ0n) is 6.22. The number of hydrogen-bond acceptors (Lipinski definition) is 1. The highest BCUT2D eigenvalue weighted by molar-refractivity contribution is 9.10. The van der Waals surface area contributed by atoms with E-state index in [1.54, 1.807) is 0 Å². The molecule has 1 aromatic rings. The Balaban J connectivity index is 2.81. The molecule has 3 heteroatoms. The van der Waals surface area contributed by atoms with Gasteiger partial charge in [0.05, 0.1) is 0 Å². The molecule has 1 rings (SSSR count). The lowest BCUT2D eigenvalue weighted by Gasteiger charge is -2.05. The van der Waals surface area contributed by atoms with Gasteiger partial charge in [-0.3, -0.25) is 0 Å². The van der Waals surface area contributed by atoms with Crippen LogP contribution in [-0.4, -0.2) is 10.3 Å². The first-order valence-electron chi connectivity index (χ1n) is 3.41. The van der Waals surface area contributed by atoms with Crippen molar-refractivity contribution in [2.24, 2.45) is 0 Å². The van der Waals surface area contributed by atoms with Gasteiger partial charge < -0.3 is 0 Å². The molecule has 1 aromatic heterocycles. The molecule has 1 atom stereocenters. The minimum Gasteiger partial charge on any atom is -0.249 e. The third-order valence-electron chi connectivity index (χ3n) is 1.55. The monoisotopic (exact) mass is 277 g/mol. The molecule has 0 saturated carbocycles. The van der Waals surface area contributed by atoms with Crippen LogP contribution >= 0.6 is 31.9 Å². The van der Waals surface area contributed by atoms with Gasteiger partial charge in [0.2, 0.25) is 0 Å². The van der Waals surface area contributed by atoms with E-state index in [1.807, 2.05) is 12.3 Å². The highest BCUT2D eigenvalue weighted by Gasteiger charge is 2.02. The second-order valence-corrected chi connectivity index (χ2v) is 3.93. The summed E-state index contributed by atoms with van der Waals surface area (Å²) < 4.78 is 0.892. The first kappa shape index (κ1) is 9.20. The molecule has 0 bridgehead atoms. The molecular weight excluding hydrogens is 270 g/mol. The Bertz CT molecular complexity index is 220. The minimum absolute atomic E-state index is 0.538. The van der Waals surface area contributed by atoms with Gasteiger partial charge >= 0.3 is 0 Å². The van der Waals surface area contributed by atoms with Crippen molar-refractivity contribution in [1.29, 1.82) is 0 Å². The number of hydrogen-bond donors (Lipinski definition) is 0. The largest absolute Gasteiger partial charge is 0.249 e. The second-order valence-electron chi connectivity index (χ2n) is 2.47. The first-order chi connectivity index (χ1) is 5.24. The van der Waals surface area contributed by atoms with Gasteiger partial charge in [-0.15, -0.1) is 0 Å². The quantitative estimate of drug-likeness (QED) is 0.597. The molecule has 1 heterocycles. The summed E-state index contributed by atoms with van der Waals surface area (Å²) in [6.45, 7) is 2.17. The fourth-order valence-corrected chi connectivity index (χ4v) is 1.38. The highest BCUT2D eigenvalue weighted by Crippen LogP contribution is 2.17. The summed E-state index contributed by atoms with van der Waals surface area (Å²) in [7, 11) is 0. The van der Waals surface area contributed by atoms with Crippen LogP contribution in [0, 0.1) is 0 Å². The Morgan fingerprint density at radius 3 is 2.73 bits per heavy atom. The molecule has 0 aliphatic heterocycles. The van der Waals surface area contributed by atoms with Gasteiger partial charge in [-0.05, 0) is 33.5 Å². The van der Waals surface area contributed by atoms with Crippen molar-refractivity contribution >= 4 is 31.9 Å². The summed E-state index contributed by atoms with van der Waals surface area (Å²) in [6.07, 6.45) is 1.90. The lowest BCUT2D eigenvalue weighted by atomic mass is 10.1. The van der Waals surface area contributed by atoms with Crippen LogP contribution in [0.4, 0.5) is 0 Å². The van der Waals surface area contributed by atoms with E-state index in [-0.39, 0.29) is 0 Å². The molecule has 0 N–H and O–H groups in total. The number of rotatable bonds is 2. The van der Waals surface area contributed by atoms with Crippen LogP contribution in [0.3, 0.4) is 0 Å². The molecule has 0 saturated heterocycles. The van der Waals surface area contributed by atoms with Crippen molar-refractivity contribution in [1.82, 2.24) is 4.98 Å². The van der Waals surface area contributed by atoms with E-state index in [9.17, 15) is 0 Å². The smallest absolute Gasteiger partial charge is 0.106 e. The molecular formula is C8H9Br2N. The number of alkyl halides is 1. The van der Waals surface area contributed by atoms with Crippen LogP contribution in [0.5, 0.6) is 0 Å². The Morgan fingerprint density at radius 2 is 2.27 bits per heavy atom. The van der Waals surface area contributed by atoms with E-state index >= 15 is 0 Å². The van der Waals surface area contributed by atoms with E-state index in [0.717, 1.165) is 9.93 Å². The van der Waals surface area contributed by atoms with Crippen molar-refractivity contribution in [3.05, 3.63) is 28.5 Å². The lowest BCUT2D eigenvalue weighted by molar-refractivity contribution is 0.877. The van der Waals surface area contributed by atoms with E-state index < -0.39 is 0 Å². The third kappa shape index (κ3) is 2.56. The summed E-state index contributed by atoms with van der Waals surface area (Å²) in [4.78, 5) is 4.14. The molecule has 11 heavy (non-hydrogen) atoms. The Kier molecular flexibility index (Phi) is 3.52. The van der Waals surface area contributed by atoms with Gasteiger partial charge in [0.15, 0.2) is 0 Å². The summed E-state index contributed by atoms with van der Waals surface area (Å²) in [6, 6.07) is 4.05. The van der Waals surface area contributed by atoms with E-state index in [4.69, 9.17) is 0 Å². The molecule has 60 valence electrons. The molecule has 1 unspecified atom stereocenters. The molecule has 0 fully saturated rings. The fraction of sp³-hybridized carbons (Fsp3) is 0.375. The average molecular weight is 279 g/mol. The average Bonchev–Trinajstić information content (AvgIpc) is 2.05. The van der Waals surface area contributed by atoms with Crippen molar-refractivity contribution < 1.29 is 0 Å². The number of nitrogens with zero attached hydrogens (tertiary/aromatic N) is 1. The molecule has 0 radical (unpaired) electrons. The van der Waals surface area contributed by atoms with Gasteiger partial charge in [-0.25, -0.2) is 4.98 Å². The highest BCUT2D eigenvalue weighted by atomic mass is 79.9. The fourth-order valence-electron chi connectivity index (χ4n) is 0.768. The van der Waals surface area contributed by atoms with Gasteiger partial charge in [-0.2, -0.15) is 0 Å². The van der Waals surface area contributed by atoms with Gasteiger partial charge in [0.1, 0.15) is 4.60 Å². The maximum Gasteiger partial charge on any atom is 0.106 e. The summed E-state index contributed by atoms with van der Waals surface area (Å²) in [5.74, 6) is 0.538. The summed E-state index contributed by atoms with van der Waals surface area (Å²) in [5.41, 5.74) is 1.27. The van der Waals surface area contributed by atoms with Crippen molar-refractivity contribution in [2.75, 3.05) is 5.33 Å². The summed E-state index contributed by atoms with van der Waals surface area (Å²) in [5, 5.41) is 0.982. The van der Waals surface area contributed by atoms with Gasteiger partial charge in [-0.1, -0.05) is 28.9 Å². The molecule has 0 aromatic carbocycles. The third-order valence-corrected chi connectivity index (χ3v) is 2.99. The Hall–Kier alpha value is 0.110. The zero-order chi connectivity index (χ0) is 8.27. The van der Waals surface area contributed by atoms with Gasteiger partial charge in [0, 0.05) is 11.5 Å². The van der Waals surface area contributed by atoms with Crippen LogP contribution in [-0.2, 0) is 0 Å². The molecule has 0 spiro atoms. The predicted octanol–water partition coefficient (Wildman–Crippen LogP) is 3.34. The van der Waals surface area contributed by atoms with Crippen molar-refractivity contribution in [3.8, 4) is 0 Å². The second kappa shape index (κ2) is 4.21. The lowest BCUT2D eigenvalue weighted by Crippen LogP contribution is -1.94. The molecule has 0 aliphatic carbocycles. The normalized spacial score (nSPS) is 13.0. The number of pyridine rings is 1. The van der Waals surface area contributed by atoms with E-state index in [1.165, 1.54) is 5.56 Å². The van der Waals surface area contributed by atoms with Crippen LogP contribution in [0.25, 0.3) is 0 Å².